The van der Waals surface area contributed by atoms with E-state index in [0.29, 0.717) is 0 Å². The Morgan fingerprint density at radius 3 is 2.43 bits per heavy atom. The van der Waals surface area contributed by atoms with E-state index in [1.165, 1.54) is 0 Å². The van der Waals surface area contributed by atoms with Gasteiger partial charge in [-0.3, -0.25) is 9.05 Å². The molecule has 0 aromatic heterocycles. The standard InChI is InChI=1S/C12H21N2O8P/c1-12(2,3)22-11(16)14-9(10(15)19-4)8-21-23(17,18)20-7-5-6-13/h9H,5,7-8H2,1-4H3,(H,14,16)(H,17,18). The van der Waals surface area contributed by atoms with E-state index in [0.717, 1.165) is 7.11 Å². The number of esters is 1. The first kappa shape index (κ1) is 21.3. The van der Waals surface area contributed by atoms with Crippen molar-refractivity contribution in [2.24, 2.45) is 0 Å². The Morgan fingerprint density at radius 2 is 1.96 bits per heavy atom. The van der Waals surface area contributed by atoms with Crippen molar-refractivity contribution in [2.45, 2.75) is 38.8 Å². The minimum absolute atomic E-state index is 0.107. The third-order valence-electron chi connectivity index (χ3n) is 2.05. The maximum Gasteiger partial charge on any atom is 0.472 e. The number of nitrogens with zero attached hydrogens (tertiary/aromatic N) is 1. The van der Waals surface area contributed by atoms with Crippen LogP contribution in [0.4, 0.5) is 4.79 Å². The van der Waals surface area contributed by atoms with Crippen LogP contribution in [-0.2, 0) is 27.9 Å². The molecular formula is C12H21N2O8P. The first-order valence-electron chi connectivity index (χ1n) is 6.57. The van der Waals surface area contributed by atoms with Crippen LogP contribution in [-0.4, -0.2) is 48.9 Å². The first-order valence-corrected chi connectivity index (χ1v) is 8.06. The van der Waals surface area contributed by atoms with E-state index in [1.54, 1.807) is 26.8 Å². The topological polar surface area (TPSA) is 144 Å². The summed E-state index contributed by atoms with van der Waals surface area (Å²) in [6.07, 6.45) is -1.03. The molecule has 0 aliphatic rings. The fourth-order valence-electron chi connectivity index (χ4n) is 1.17. The molecule has 0 bridgehead atoms. The number of ether oxygens (including phenoxy) is 2. The second kappa shape index (κ2) is 9.47. The summed E-state index contributed by atoms with van der Waals surface area (Å²) in [5.41, 5.74) is -0.793. The van der Waals surface area contributed by atoms with Crippen LogP contribution in [0.25, 0.3) is 0 Å². The molecule has 0 saturated heterocycles. The second-order valence-electron chi connectivity index (χ2n) is 5.23. The largest absolute Gasteiger partial charge is 0.472 e. The van der Waals surface area contributed by atoms with Gasteiger partial charge in [-0.1, -0.05) is 0 Å². The molecule has 0 saturated carbocycles. The number of amides is 1. The quantitative estimate of drug-likeness (QED) is 0.372. The monoisotopic (exact) mass is 352 g/mol. The summed E-state index contributed by atoms with van der Waals surface area (Å²) in [5.74, 6) is -0.895. The van der Waals surface area contributed by atoms with E-state index in [4.69, 9.17) is 10.00 Å². The predicted octanol–water partition coefficient (Wildman–Crippen LogP) is 1.10. The van der Waals surface area contributed by atoms with Crippen LogP contribution >= 0.6 is 7.82 Å². The van der Waals surface area contributed by atoms with E-state index in [1.807, 2.05) is 0 Å². The lowest BCUT2D eigenvalue weighted by atomic mass is 10.2. The van der Waals surface area contributed by atoms with Crippen molar-refractivity contribution >= 4 is 19.9 Å². The van der Waals surface area contributed by atoms with Gasteiger partial charge in [0.2, 0.25) is 0 Å². The molecule has 0 aliphatic carbocycles. The number of nitrogens with one attached hydrogen (secondary N) is 1. The highest BCUT2D eigenvalue weighted by atomic mass is 31.2. The van der Waals surface area contributed by atoms with Crippen LogP contribution in [0.2, 0.25) is 0 Å². The Morgan fingerprint density at radius 1 is 1.35 bits per heavy atom. The first-order chi connectivity index (χ1) is 10.5. The molecule has 0 heterocycles. The van der Waals surface area contributed by atoms with Gasteiger partial charge in [0.25, 0.3) is 0 Å². The zero-order chi connectivity index (χ0) is 18.1. The number of nitriles is 1. The third kappa shape index (κ3) is 10.7. The Bertz CT molecular complexity index is 496. The molecule has 0 spiro atoms. The smallest absolute Gasteiger partial charge is 0.467 e. The van der Waals surface area contributed by atoms with Gasteiger partial charge >= 0.3 is 19.9 Å². The molecule has 2 N–H and O–H groups in total. The number of rotatable bonds is 8. The Kier molecular flexibility index (Phi) is 8.79. The maximum atomic E-state index is 11.6. The molecule has 11 heteroatoms. The van der Waals surface area contributed by atoms with Gasteiger partial charge in [0, 0.05) is 0 Å². The molecule has 1 amide bonds. The highest BCUT2D eigenvalue weighted by Crippen LogP contribution is 2.43. The minimum atomic E-state index is -4.46. The molecular weight excluding hydrogens is 331 g/mol. The molecule has 132 valence electrons. The molecule has 2 unspecified atom stereocenters. The van der Waals surface area contributed by atoms with Gasteiger partial charge in [0.05, 0.1) is 32.8 Å². The summed E-state index contributed by atoms with van der Waals surface area (Å²) in [7, 11) is -3.38. The normalized spacial score (nSPS) is 15.0. The van der Waals surface area contributed by atoms with Crippen molar-refractivity contribution in [3.8, 4) is 6.07 Å². The maximum absolute atomic E-state index is 11.6. The fraction of sp³-hybridized carbons (Fsp3) is 0.750. The number of methoxy groups -OCH3 is 1. The molecule has 0 radical (unpaired) electrons. The van der Waals surface area contributed by atoms with Gasteiger partial charge in [-0.2, -0.15) is 5.26 Å². The molecule has 0 aromatic carbocycles. The summed E-state index contributed by atoms with van der Waals surface area (Å²) in [6, 6.07) is 0.354. The van der Waals surface area contributed by atoms with E-state index < -0.39 is 38.1 Å². The zero-order valence-electron chi connectivity index (χ0n) is 13.4. The molecule has 0 aliphatic heterocycles. The number of hydrogen-bond donors (Lipinski definition) is 2. The SMILES string of the molecule is COC(=O)C(COP(=O)(O)OCCC#N)NC(=O)OC(C)(C)C. The van der Waals surface area contributed by atoms with E-state index in [2.05, 4.69) is 19.1 Å². The van der Waals surface area contributed by atoms with Crippen LogP contribution in [0, 0.1) is 11.3 Å². The number of alkyl carbamates (subject to hydrolysis) is 1. The van der Waals surface area contributed by atoms with Crippen LogP contribution < -0.4 is 5.32 Å². The lowest BCUT2D eigenvalue weighted by Gasteiger charge is -2.23. The number of phosphoric acid groups is 1. The molecule has 0 fully saturated rings. The Hall–Kier alpha value is -1.66. The molecule has 0 aromatic rings. The van der Waals surface area contributed by atoms with Crippen molar-refractivity contribution in [3.05, 3.63) is 0 Å². The average molecular weight is 352 g/mol. The molecule has 2 atom stereocenters. The van der Waals surface area contributed by atoms with Crippen LogP contribution in [0.5, 0.6) is 0 Å². The van der Waals surface area contributed by atoms with Crippen LogP contribution in [0.1, 0.15) is 27.2 Å². The van der Waals surface area contributed by atoms with Crippen molar-refractivity contribution < 1.29 is 37.6 Å². The highest BCUT2D eigenvalue weighted by molar-refractivity contribution is 7.47. The molecule has 10 nitrogen and oxygen atoms in total. The highest BCUT2D eigenvalue weighted by Gasteiger charge is 2.29. The van der Waals surface area contributed by atoms with Crippen molar-refractivity contribution in [2.75, 3.05) is 20.3 Å². The van der Waals surface area contributed by atoms with Crippen LogP contribution in [0.15, 0.2) is 0 Å². The summed E-state index contributed by atoms with van der Waals surface area (Å²) in [4.78, 5) is 32.6. The van der Waals surface area contributed by atoms with Gasteiger partial charge in [0.1, 0.15) is 5.60 Å². The van der Waals surface area contributed by atoms with Gasteiger partial charge < -0.3 is 19.7 Å². The lowest BCUT2D eigenvalue weighted by Crippen LogP contribution is -2.46. The molecule has 23 heavy (non-hydrogen) atoms. The zero-order valence-corrected chi connectivity index (χ0v) is 14.3. The Balaban J connectivity index is 4.63. The van der Waals surface area contributed by atoms with Crippen LogP contribution in [0.3, 0.4) is 0 Å². The second-order valence-corrected chi connectivity index (χ2v) is 6.68. The summed E-state index contributed by atoms with van der Waals surface area (Å²) < 4.78 is 30.0. The number of carbonyl (C=O) groups excluding carboxylic acids is 2. The van der Waals surface area contributed by atoms with Crippen molar-refractivity contribution in [1.82, 2.24) is 5.32 Å². The lowest BCUT2D eigenvalue weighted by molar-refractivity contribution is -0.144. The number of phosphoric ester groups is 1. The van der Waals surface area contributed by atoms with Gasteiger partial charge in [-0.25, -0.2) is 14.2 Å². The number of hydrogen-bond acceptors (Lipinski definition) is 8. The van der Waals surface area contributed by atoms with Crippen molar-refractivity contribution in [1.29, 1.82) is 5.26 Å². The summed E-state index contributed by atoms with van der Waals surface area (Å²) >= 11 is 0. The minimum Gasteiger partial charge on any atom is -0.467 e. The van der Waals surface area contributed by atoms with E-state index in [9.17, 15) is 19.0 Å². The predicted molar refractivity (Wildman–Crippen MR) is 77.1 cm³/mol. The summed E-state index contributed by atoms with van der Waals surface area (Å²) in [5, 5.41) is 10.5. The third-order valence-corrected chi connectivity index (χ3v) is 3.03. The summed E-state index contributed by atoms with van der Waals surface area (Å²) in [6.45, 7) is 3.89. The van der Waals surface area contributed by atoms with Crippen molar-refractivity contribution in [3.63, 3.8) is 0 Å². The van der Waals surface area contributed by atoms with Gasteiger partial charge in [-0.15, -0.1) is 0 Å². The van der Waals surface area contributed by atoms with E-state index in [-0.39, 0.29) is 13.0 Å². The van der Waals surface area contributed by atoms with Gasteiger partial charge in [-0.05, 0) is 20.8 Å². The van der Waals surface area contributed by atoms with Gasteiger partial charge in [0.15, 0.2) is 6.04 Å². The number of carbonyl (C=O) groups is 2. The Labute approximate surface area is 134 Å². The molecule has 0 rings (SSSR count). The van der Waals surface area contributed by atoms with E-state index >= 15 is 0 Å². The average Bonchev–Trinajstić information content (AvgIpc) is 2.40. The fourth-order valence-corrected chi connectivity index (χ4v) is 1.91.